The summed E-state index contributed by atoms with van der Waals surface area (Å²) in [6.45, 7) is 12.5. The summed E-state index contributed by atoms with van der Waals surface area (Å²) < 4.78 is 23.8. The highest BCUT2D eigenvalue weighted by molar-refractivity contribution is 7.92. The van der Waals surface area contributed by atoms with Gasteiger partial charge in [-0.25, -0.2) is 8.42 Å². The summed E-state index contributed by atoms with van der Waals surface area (Å²) in [6, 6.07) is 10.5. The van der Waals surface area contributed by atoms with Crippen LogP contribution in [0.2, 0.25) is 0 Å². The molecule has 0 amide bonds. The molecule has 146 valence electrons. The fourth-order valence-corrected chi connectivity index (χ4v) is 4.61. The highest BCUT2D eigenvalue weighted by Gasteiger charge is 2.41. The Bertz CT molecular complexity index is 725. The van der Waals surface area contributed by atoms with Crippen LogP contribution in [0.25, 0.3) is 0 Å². The molecular weight excluding hydrogens is 346 g/mol. The van der Waals surface area contributed by atoms with Crippen LogP contribution in [0.15, 0.2) is 35.3 Å². The molecule has 0 radical (unpaired) electrons. The molecule has 1 saturated heterocycles. The molecule has 0 saturated carbocycles. The van der Waals surface area contributed by atoms with Gasteiger partial charge in [0.15, 0.2) is 15.8 Å². The number of nitrogens with one attached hydrogen (secondary N) is 1. The van der Waals surface area contributed by atoms with Crippen LogP contribution in [0.4, 0.5) is 0 Å². The Hall–Kier alpha value is -1.56. The molecule has 0 unspecified atom stereocenters. The molecule has 1 N–H and O–H groups in total. The van der Waals surface area contributed by atoms with Crippen molar-refractivity contribution in [3.05, 3.63) is 35.9 Å². The van der Waals surface area contributed by atoms with E-state index in [2.05, 4.69) is 48.3 Å². The van der Waals surface area contributed by atoms with Crippen molar-refractivity contribution in [3.63, 3.8) is 0 Å². The molecule has 0 aromatic heterocycles. The van der Waals surface area contributed by atoms with Gasteiger partial charge < -0.3 is 10.2 Å². The molecule has 1 aliphatic heterocycles. The third-order valence-corrected chi connectivity index (χ3v) is 7.39. The minimum Gasteiger partial charge on any atom is -0.357 e. The SMILES string of the molecule is CCNC(=NCC(C)(C)Cc1ccccc1)N1CCS(=O)(=O)C(C)(C)C1. The molecule has 0 spiro atoms. The number of guanidine groups is 1. The lowest BCUT2D eigenvalue weighted by atomic mass is 9.86. The molecule has 1 aliphatic rings. The van der Waals surface area contributed by atoms with E-state index in [4.69, 9.17) is 4.99 Å². The molecule has 2 rings (SSSR count). The molecule has 1 heterocycles. The number of nitrogens with zero attached hydrogens (tertiary/aromatic N) is 2. The molecule has 6 heteroatoms. The van der Waals surface area contributed by atoms with E-state index >= 15 is 0 Å². The van der Waals surface area contributed by atoms with Gasteiger partial charge in [0.25, 0.3) is 0 Å². The van der Waals surface area contributed by atoms with Gasteiger partial charge in [0.1, 0.15) is 0 Å². The molecular formula is C20H33N3O2S. The van der Waals surface area contributed by atoms with Crippen LogP contribution >= 0.6 is 0 Å². The van der Waals surface area contributed by atoms with Gasteiger partial charge in [0.2, 0.25) is 0 Å². The van der Waals surface area contributed by atoms with Crippen LogP contribution < -0.4 is 5.32 Å². The van der Waals surface area contributed by atoms with Crippen molar-refractivity contribution in [3.8, 4) is 0 Å². The largest absolute Gasteiger partial charge is 0.357 e. The normalized spacial score (nSPS) is 20.0. The molecule has 1 aromatic rings. The van der Waals surface area contributed by atoms with Crippen molar-refractivity contribution in [1.29, 1.82) is 0 Å². The lowest BCUT2D eigenvalue weighted by molar-refractivity contribution is 0.342. The molecule has 0 bridgehead atoms. The van der Waals surface area contributed by atoms with E-state index in [-0.39, 0.29) is 11.2 Å². The summed E-state index contributed by atoms with van der Waals surface area (Å²) in [5, 5.41) is 3.34. The summed E-state index contributed by atoms with van der Waals surface area (Å²) in [5.41, 5.74) is 1.34. The zero-order chi connectivity index (χ0) is 19.4. The van der Waals surface area contributed by atoms with Gasteiger partial charge in [-0.2, -0.15) is 0 Å². The number of sulfone groups is 1. The average molecular weight is 380 g/mol. The molecule has 0 aliphatic carbocycles. The Morgan fingerprint density at radius 1 is 1.27 bits per heavy atom. The first-order chi connectivity index (χ1) is 12.1. The van der Waals surface area contributed by atoms with Crippen LogP contribution in [-0.2, 0) is 16.3 Å². The fraction of sp³-hybridized carbons (Fsp3) is 0.650. The lowest BCUT2D eigenvalue weighted by Gasteiger charge is -2.39. The maximum absolute atomic E-state index is 12.3. The summed E-state index contributed by atoms with van der Waals surface area (Å²) in [6.07, 6.45) is 0.955. The van der Waals surface area contributed by atoms with E-state index in [1.165, 1.54) is 5.56 Å². The lowest BCUT2D eigenvalue weighted by Crippen LogP contribution is -2.57. The third kappa shape index (κ3) is 5.22. The van der Waals surface area contributed by atoms with E-state index in [0.29, 0.717) is 19.6 Å². The van der Waals surface area contributed by atoms with Gasteiger partial charge in [-0.1, -0.05) is 44.2 Å². The van der Waals surface area contributed by atoms with Crippen LogP contribution in [-0.4, -0.2) is 56.0 Å². The first kappa shape index (κ1) is 20.7. The van der Waals surface area contributed by atoms with E-state index in [9.17, 15) is 8.42 Å². The van der Waals surface area contributed by atoms with Gasteiger partial charge in [-0.05, 0) is 38.2 Å². The standard InChI is InChI=1S/C20H33N3O2S/c1-6-21-18(23-12-13-26(24,25)20(4,5)16-23)22-15-19(2,3)14-17-10-8-7-9-11-17/h7-11H,6,12-16H2,1-5H3,(H,21,22). The minimum atomic E-state index is -3.05. The highest BCUT2D eigenvalue weighted by Crippen LogP contribution is 2.25. The monoisotopic (exact) mass is 379 g/mol. The summed E-state index contributed by atoms with van der Waals surface area (Å²) >= 11 is 0. The maximum Gasteiger partial charge on any atom is 0.194 e. The van der Waals surface area contributed by atoms with Crippen LogP contribution in [0.1, 0.15) is 40.2 Å². The van der Waals surface area contributed by atoms with Crippen molar-refractivity contribution in [1.82, 2.24) is 10.2 Å². The zero-order valence-corrected chi connectivity index (χ0v) is 17.6. The Labute approximate surface area is 158 Å². The quantitative estimate of drug-likeness (QED) is 0.631. The second kappa shape index (κ2) is 7.99. The van der Waals surface area contributed by atoms with Crippen molar-refractivity contribution in [2.24, 2.45) is 10.4 Å². The van der Waals surface area contributed by atoms with Crippen LogP contribution in [0, 0.1) is 5.41 Å². The average Bonchev–Trinajstić information content (AvgIpc) is 2.55. The van der Waals surface area contributed by atoms with Crippen LogP contribution in [0.5, 0.6) is 0 Å². The number of hydrogen-bond acceptors (Lipinski definition) is 3. The topological polar surface area (TPSA) is 61.8 Å². The second-order valence-electron chi connectivity index (χ2n) is 8.50. The first-order valence-electron chi connectivity index (χ1n) is 9.36. The Morgan fingerprint density at radius 2 is 1.92 bits per heavy atom. The number of hydrogen-bond donors (Lipinski definition) is 1. The van der Waals surface area contributed by atoms with Crippen molar-refractivity contribution < 1.29 is 8.42 Å². The van der Waals surface area contributed by atoms with E-state index in [1.807, 2.05) is 13.0 Å². The van der Waals surface area contributed by atoms with Gasteiger partial charge >= 0.3 is 0 Å². The summed E-state index contributed by atoms with van der Waals surface area (Å²) in [5.74, 6) is 0.995. The van der Waals surface area contributed by atoms with E-state index in [1.54, 1.807) is 13.8 Å². The number of benzene rings is 1. The minimum absolute atomic E-state index is 0.0272. The predicted molar refractivity (Wildman–Crippen MR) is 109 cm³/mol. The van der Waals surface area contributed by atoms with E-state index in [0.717, 1.165) is 18.9 Å². The third-order valence-electron chi connectivity index (χ3n) is 4.86. The number of rotatable bonds is 5. The van der Waals surface area contributed by atoms with Crippen molar-refractivity contribution >= 4 is 15.8 Å². The highest BCUT2D eigenvalue weighted by atomic mass is 32.2. The predicted octanol–water partition coefficient (Wildman–Crippen LogP) is 2.73. The Morgan fingerprint density at radius 3 is 2.50 bits per heavy atom. The second-order valence-corrected chi connectivity index (χ2v) is 11.2. The van der Waals surface area contributed by atoms with E-state index < -0.39 is 14.6 Å². The van der Waals surface area contributed by atoms with Crippen LogP contribution in [0.3, 0.4) is 0 Å². The zero-order valence-electron chi connectivity index (χ0n) is 16.7. The first-order valence-corrected chi connectivity index (χ1v) is 11.0. The van der Waals surface area contributed by atoms with Crippen molar-refractivity contribution in [2.45, 2.75) is 45.8 Å². The Kier molecular flexibility index (Phi) is 6.37. The molecule has 26 heavy (non-hydrogen) atoms. The summed E-state index contributed by atoms with van der Waals surface area (Å²) in [7, 11) is -3.05. The smallest absolute Gasteiger partial charge is 0.194 e. The fourth-order valence-electron chi connectivity index (χ4n) is 3.24. The van der Waals surface area contributed by atoms with Gasteiger partial charge in [-0.3, -0.25) is 4.99 Å². The molecule has 1 fully saturated rings. The maximum atomic E-state index is 12.3. The number of aliphatic imine (C=N–C) groups is 1. The van der Waals surface area contributed by atoms with Gasteiger partial charge in [0, 0.05) is 26.2 Å². The van der Waals surface area contributed by atoms with Gasteiger partial charge in [-0.15, -0.1) is 0 Å². The van der Waals surface area contributed by atoms with Crippen molar-refractivity contribution in [2.75, 3.05) is 31.9 Å². The molecule has 1 aromatic carbocycles. The van der Waals surface area contributed by atoms with Gasteiger partial charge in [0.05, 0.1) is 10.5 Å². The Balaban J connectivity index is 2.11. The molecule has 0 atom stereocenters. The molecule has 5 nitrogen and oxygen atoms in total. The summed E-state index contributed by atoms with van der Waals surface area (Å²) in [4.78, 5) is 6.94.